The monoisotopic (exact) mass is 274 g/mol. The van der Waals surface area contributed by atoms with Gasteiger partial charge in [-0.1, -0.05) is 66.7 Å². The van der Waals surface area contributed by atoms with Gasteiger partial charge in [-0.15, -0.1) is 0 Å². The van der Waals surface area contributed by atoms with E-state index in [1.165, 1.54) is 11.1 Å². The quantitative estimate of drug-likeness (QED) is 0.815. The Hall–Kier alpha value is -2.61. The van der Waals surface area contributed by atoms with Crippen LogP contribution in [0.1, 0.15) is 16.7 Å². The van der Waals surface area contributed by atoms with E-state index in [2.05, 4.69) is 49.9 Å². The minimum absolute atomic E-state index is 0.735. The molecule has 0 aliphatic carbocycles. The lowest BCUT2D eigenvalue weighted by atomic mass is 10.1. The van der Waals surface area contributed by atoms with Crippen molar-refractivity contribution in [1.29, 1.82) is 0 Å². The summed E-state index contributed by atoms with van der Waals surface area (Å²) in [4.78, 5) is 0. The number of aryl methyl sites for hydroxylation is 1. The average molecular weight is 274 g/mol. The molecule has 0 saturated heterocycles. The highest BCUT2D eigenvalue weighted by molar-refractivity contribution is 6.09. The van der Waals surface area contributed by atoms with Crippen molar-refractivity contribution < 1.29 is 0 Å². The third kappa shape index (κ3) is 3.11. The number of hydrogen-bond donors (Lipinski definition) is 0. The number of nitrogens with zero attached hydrogens (tertiary/aromatic N) is 2. The number of hydrogen-bond acceptors (Lipinski definition) is 2. The minimum Gasteiger partial charge on any atom is -0.261 e. The van der Waals surface area contributed by atoms with Gasteiger partial charge in [0.1, 0.15) is 0 Å². The molecule has 3 rings (SSSR count). The lowest BCUT2D eigenvalue weighted by Gasteiger charge is -2.24. The first-order chi connectivity index (χ1) is 10.2. The van der Waals surface area contributed by atoms with Gasteiger partial charge in [0.15, 0.2) is 0 Å². The van der Waals surface area contributed by atoms with Gasteiger partial charge in [0, 0.05) is 5.56 Å². The molecule has 104 valence electrons. The molecule has 0 aromatic heterocycles. The summed E-state index contributed by atoms with van der Waals surface area (Å²) >= 11 is 0. The van der Waals surface area contributed by atoms with E-state index in [0.717, 1.165) is 23.5 Å². The molecule has 21 heavy (non-hydrogen) atoms. The van der Waals surface area contributed by atoms with E-state index in [1.54, 1.807) is 0 Å². The second-order valence-corrected chi connectivity index (χ2v) is 5.22. The normalized spacial score (nSPS) is 14.2. The molecule has 2 nitrogen and oxygen atoms in total. The van der Waals surface area contributed by atoms with Crippen molar-refractivity contribution in [3.63, 3.8) is 0 Å². The molecule has 0 bridgehead atoms. The second-order valence-electron chi connectivity index (χ2n) is 5.22. The summed E-state index contributed by atoms with van der Waals surface area (Å²) in [5.74, 6) is 0. The molecule has 2 aromatic carbocycles. The third-order valence-corrected chi connectivity index (χ3v) is 3.52. The standard InChI is InChI=1S/C19H18N2/c1-15-8-11-18(12-9-15)19-13-10-16(2)21(20-19)14-17-6-4-3-5-7-17/h3-13H,2,14H2,1H3. The van der Waals surface area contributed by atoms with Crippen LogP contribution in [-0.4, -0.2) is 10.7 Å². The average Bonchev–Trinajstić information content (AvgIpc) is 2.51. The molecule has 1 aliphatic rings. The fourth-order valence-corrected chi connectivity index (χ4v) is 2.26. The van der Waals surface area contributed by atoms with Crippen molar-refractivity contribution in [1.82, 2.24) is 5.01 Å². The highest BCUT2D eigenvalue weighted by Crippen LogP contribution is 2.18. The fraction of sp³-hybridized carbons (Fsp3) is 0.105. The highest BCUT2D eigenvalue weighted by atomic mass is 15.5. The summed E-state index contributed by atoms with van der Waals surface area (Å²) in [6, 6.07) is 18.7. The van der Waals surface area contributed by atoms with Gasteiger partial charge in [-0.3, -0.25) is 5.01 Å². The van der Waals surface area contributed by atoms with Crippen molar-refractivity contribution in [3.8, 4) is 0 Å². The number of hydrazone groups is 1. The molecule has 0 unspecified atom stereocenters. The van der Waals surface area contributed by atoms with E-state index in [0.29, 0.717) is 0 Å². The minimum atomic E-state index is 0.735. The molecule has 2 aromatic rings. The van der Waals surface area contributed by atoms with E-state index < -0.39 is 0 Å². The maximum absolute atomic E-state index is 4.72. The molecule has 0 fully saturated rings. The zero-order chi connectivity index (χ0) is 14.7. The van der Waals surface area contributed by atoms with E-state index in [4.69, 9.17) is 5.10 Å². The number of benzene rings is 2. The van der Waals surface area contributed by atoms with Crippen LogP contribution in [-0.2, 0) is 6.54 Å². The molecule has 1 aliphatic heterocycles. The molecule has 0 N–H and O–H groups in total. The van der Waals surface area contributed by atoms with Crippen LogP contribution in [0.3, 0.4) is 0 Å². The Morgan fingerprint density at radius 2 is 1.67 bits per heavy atom. The molecule has 0 atom stereocenters. The molecule has 0 spiro atoms. The highest BCUT2D eigenvalue weighted by Gasteiger charge is 2.12. The maximum Gasteiger partial charge on any atom is 0.0909 e. The second kappa shape index (κ2) is 5.80. The van der Waals surface area contributed by atoms with Crippen LogP contribution in [0, 0.1) is 6.92 Å². The molecule has 0 saturated carbocycles. The first kappa shape index (κ1) is 13.4. The van der Waals surface area contributed by atoms with Crippen LogP contribution in [0.4, 0.5) is 0 Å². The molecule has 2 heteroatoms. The topological polar surface area (TPSA) is 15.6 Å². The van der Waals surface area contributed by atoms with Crippen LogP contribution >= 0.6 is 0 Å². The SMILES string of the molecule is C=C1C=CC(c2ccc(C)cc2)=NN1Cc1ccccc1. The van der Waals surface area contributed by atoms with Crippen LogP contribution in [0.25, 0.3) is 0 Å². The summed E-state index contributed by atoms with van der Waals surface area (Å²) in [6.45, 7) is 6.89. The molecular weight excluding hydrogens is 256 g/mol. The van der Waals surface area contributed by atoms with Crippen molar-refractivity contribution in [3.05, 3.63) is 95.7 Å². The first-order valence-electron chi connectivity index (χ1n) is 7.06. The van der Waals surface area contributed by atoms with E-state index in [-0.39, 0.29) is 0 Å². The van der Waals surface area contributed by atoms with Crippen LogP contribution < -0.4 is 0 Å². The van der Waals surface area contributed by atoms with Crippen LogP contribution in [0.2, 0.25) is 0 Å². The van der Waals surface area contributed by atoms with Gasteiger partial charge < -0.3 is 0 Å². The van der Waals surface area contributed by atoms with Gasteiger partial charge in [-0.2, -0.15) is 5.10 Å². The molecular formula is C19H18N2. The first-order valence-corrected chi connectivity index (χ1v) is 7.06. The Morgan fingerprint density at radius 1 is 0.952 bits per heavy atom. The van der Waals surface area contributed by atoms with Gasteiger partial charge in [0.25, 0.3) is 0 Å². The lowest BCUT2D eigenvalue weighted by Crippen LogP contribution is -2.20. The Kier molecular flexibility index (Phi) is 3.69. The summed E-state index contributed by atoms with van der Waals surface area (Å²) in [5, 5.41) is 6.67. The van der Waals surface area contributed by atoms with Gasteiger partial charge in [-0.05, 0) is 24.6 Å². The van der Waals surface area contributed by atoms with E-state index >= 15 is 0 Å². The third-order valence-electron chi connectivity index (χ3n) is 3.52. The summed E-state index contributed by atoms with van der Waals surface area (Å²) in [6.07, 6.45) is 4.04. The summed E-state index contributed by atoms with van der Waals surface area (Å²) in [7, 11) is 0. The van der Waals surface area contributed by atoms with Crippen molar-refractivity contribution in [2.24, 2.45) is 5.10 Å². The van der Waals surface area contributed by atoms with Crippen LogP contribution in [0.15, 0.2) is 84.1 Å². The van der Waals surface area contributed by atoms with Crippen molar-refractivity contribution in [2.75, 3.05) is 0 Å². The predicted octanol–water partition coefficient (Wildman–Crippen LogP) is 4.28. The smallest absolute Gasteiger partial charge is 0.0909 e. The number of rotatable bonds is 3. The number of allylic oxidation sites excluding steroid dienone is 2. The van der Waals surface area contributed by atoms with Gasteiger partial charge >= 0.3 is 0 Å². The zero-order valence-corrected chi connectivity index (χ0v) is 12.2. The molecule has 0 amide bonds. The molecule has 1 heterocycles. The Morgan fingerprint density at radius 3 is 2.38 bits per heavy atom. The van der Waals surface area contributed by atoms with Gasteiger partial charge in [0.05, 0.1) is 18.0 Å². The van der Waals surface area contributed by atoms with Crippen molar-refractivity contribution >= 4 is 5.71 Å². The van der Waals surface area contributed by atoms with E-state index in [9.17, 15) is 0 Å². The van der Waals surface area contributed by atoms with E-state index in [1.807, 2.05) is 35.4 Å². The Bertz CT molecular complexity index is 694. The van der Waals surface area contributed by atoms with Crippen molar-refractivity contribution in [2.45, 2.75) is 13.5 Å². The van der Waals surface area contributed by atoms with Gasteiger partial charge in [-0.25, -0.2) is 0 Å². The fourth-order valence-electron chi connectivity index (χ4n) is 2.26. The van der Waals surface area contributed by atoms with Crippen LogP contribution in [0.5, 0.6) is 0 Å². The summed E-state index contributed by atoms with van der Waals surface area (Å²) in [5.41, 5.74) is 5.49. The summed E-state index contributed by atoms with van der Waals surface area (Å²) < 4.78 is 0. The zero-order valence-electron chi connectivity index (χ0n) is 12.2. The lowest BCUT2D eigenvalue weighted by molar-refractivity contribution is 0.367. The molecule has 0 radical (unpaired) electrons. The van der Waals surface area contributed by atoms with Gasteiger partial charge in [0.2, 0.25) is 0 Å². The Balaban J connectivity index is 1.85. The Labute approximate surface area is 125 Å². The largest absolute Gasteiger partial charge is 0.261 e. The predicted molar refractivity (Wildman–Crippen MR) is 88.0 cm³/mol. The maximum atomic E-state index is 4.72.